The number of carbonyl (C=O) groups is 2. The maximum Gasteiger partial charge on any atom is 0.328 e. The van der Waals surface area contributed by atoms with Gasteiger partial charge >= 0.3 is 5.97 Å². The molecule has 0 radical (unpaired) electrons. The molecule has 3 rings (SSSR count). The smallest absolute Gasteiger partial charge is 0.328 e. The number of carbonyl (C=O) groups excluding carboxylic acids is 2. The summed E-state index contributed by atoms with van der Waals surface area (Å²) in [5.74, 6) is -0.274. The number of aromatic nitrogens is 2. The van der Waals surface area contributed by atoms with Gasteiger partial charge < -0.3 is 25.2 Å². The summed E-state index contributed by atoms with van der Waals surface area (Å²) in [6, 6.07) is 6.60. The molecule has 3 aromatic rings. The number of ether oxygens (including phenoxy) is 1. The topological polar surface area (TPSA) is 123 Å². The fourth-order valence-corrected chi connectivity index (χ4v) is 4.27. The van der Waals surface area contributed by atoms with Crippen LogP contribution in [0.5, 0.6) is 0 Å². The van der Waals surface area contributed by atoms with Crippen LogP contribution in [0.3, 0.4) is 0 Å². The normalized spacial score (nSPS) is 13.1. The highest BCUT2D eigenvalue weighted by Gasteiger charge is 2.26. The minimum atomic E-state index is -0.860. The number of hydrogen-bond donors (Lipinski definition) is 3. The zero-order valence-electron chi connectivity index (χ0n) is 21.7. The molecule has 1 amide bonds. The van der Waals surface area contributed by atoms with Crippen LogP contribution in [-0.2, 0) is 16.0 Å². The first-order valence-electron chi connectivity index (χ1n) is 13.1. The maximum absolute atomic E-state index is 13.0. The highest BCUT2D eigenvalue weighted by Crippen LogP contribution is 2.21. The summed E-state index contributed by atoms with van der Waals surface area (Å²) in [5.41, 5.74) is 8.13. The predicted molar refractivity (Wildman–Crippen MR) is 140 cm³/mol. The highest BCUT2D eigenvalue weighted by molar-refractivity contribution is 5.95. The SMILES string of the molecule is CCCCCCCCOC(=O)C(Cc1c[nH]c2ccccc12)NC(=O)c1coc(C(N)CC(C)C)n1. The highest BCUT2D eigenvalue weighted by atomic mass is 16.5. The molecule has 0 saturated carbocycles. The van der Waals surface area contributed by atoms with Crippen LogP contribution < -0.4 is 11.1 Å². The molecule has 8 nitrogen and oxygen atoms in total. The lowest BCUT2D eigenvalue weighted by Gasteiger charge is -2.17. The van der Waals surface area contributed by atoms with Gasteiger partial charge in [-0.05, 0) is 30.4 Å². The van der Waals surface area contributed by atoms with E-state index in [9.17, 15) is 9.59 Å². The number of benzene rings is 1. The molecule has 2 heterocycles. The van der Waals surface area contributed by atoms with Crippen molar-refractivity contribution in [2.45, 2.75) is 84.2 Å². The lowest BCUT2D eigenvalue weighted by atomic mass is 10.0. The van der Waals surface area contributed by atoms with Crippen molar-refractivity contribution in [2.75, 3.05) is 6.61 Å². The van der Waals surface area contributed by atoms with Crippen LogP contribution >= 0.6 is 0 Å². The lowest BCUT2D eigenvalue weighted by Crippen LogP contribution is -2.43. The van der Waals surface area contributed by atoms with Crippen molar-refractivity contribution >= 4 is 22.8 Å². The van der Waals surface area contributed by atoms with E-state index < -0.39 is 24.0 Å². The van der Waals surface area contributed by atoms with Crippen molar-refractivity contribution in [1.29, 1.82) is 0 Å². The molecule has 0 spiro atoms. The van der Waals surface area contributed by atoms with E-state index in [1.165, 1.54) is 25.5 Å². The summed E-state index contributed by atoms with van der Waals surface area (Å²) in [6.45, 7) is 6.64. The molecule has 196 valence electrons. The molecule has 1 aromatic carbocycles. The quantitative estimate of drug-likeness (QED) is 0.190. The minimum Gasteiger partial charge on any atom is -0.464 e. The first kappa shape index (κ1) is 27.5. The van der Waals surface area contributed by atoms with Gasteiger partial charge in [0.05, 0.1) is 12.6 Å². The molecule has 8 heteroatoms. The molecule has 0 saturated heterocycles. The summed E-state index contributed by atoms with van der Waals surface area (Å²) < 4.78 is 11.0. The number of amides is 1. The van der Waals surface area contributed by atoms with Crippen molar-refractivity contribution in [3.63, 3.8) is 0 Å². The number of H-pyrrole nitrogens is 1. The average molecular weight is 497 g/mol. The molecule has 0 bridgehead atoms. The fraction of sp³-hybridized carbons (Fsp3) is 0.536. The van der Waals surface area contributed by atoms with Crippen molar-refractivity contribution in [3.8, 4) is 0 Å². The molecule has 0 aliphatic heterocycles. The molecule has 36 heavy (non-hydrogen) atoms. The van der Waals surface area contributed by atoms with Gasteiger partial charge in [-0.3, -0.25) is 4.79 Å². The number of unbranched alkanes of at least 4 members (excludes halogenated alkanes) is 5. The summed E-state index contributed by atoms with van der Waals surface area (Å²) in [4.78, 5) is 33.5. The van der Waals surface area contributed by atoms with Gasteiger partial charge in [-0.2, -0.15) is 0 Å². The van der Waals surface area contributed by atoms with Crippen LogP contribution in [-0.4, -0.2) is 34.5 Å². The Morgan fingerprint density at radius 1 is 1.14 bits per heavy atom. The minimum absolute atomic E-state index is 0.0943. The van der Waals surface area contributed by atoms with Gasteiger partial charge in [0.25, 0.3) is 5.91 Å². The number of nitrogens with one attached hydrogen (secondary N) is 2. The Balaban J connectivity index is 1.66. The fourth-order valence-electron chi connectivity index (χ4n) is 4.27. The summed E-state index contributed by atoms with van der Waals surface area (Å²) >= 11 is 0. The molecular formula is C28H40N4O4. The molecule has 0 aliphatic rings. The van der Waals surface area contributed by atoms with Gasteiger partial charge in [0.1, 0.15) is 12.3 Å². The van der Waals surface area contributed by atoms with Crippen LogP contribution in [0, 0.1) is 5.92 Å². The van der Waals surface area contributed by atoms with E-state index in [0.29, 0.717) is 31.3 Å². The van der Waals surface area contributed by atoms with Crippen molar-refractivity contribution < 1.29 is 18.7 Å². The largest absolute Gasteiger partial charge is 0.464 e. The second kappa shape index (κ2) is 13.8. The summed E-state index contributed by atoms with van der Waals surface area (Å²) in [5, 5.41) is 3.81. The average Bonchev–Trinajstić information content (AvgIpc) is 3.50. The number of nitrogens with zero attached hydrogens (tertiary/aromatic N) is 1. The van der Waals surface area contributed by atoms with E-state index in [4.69, 9.17) is 14.9 Å². The number of fused-ring (bicyclic) bond motifs is 1. The van der Waals surface area contributed by atoms with Gasteiger partial charge in [0.2, 0.25) is 5.89 Å². The van der Waals surface area contributed by atoms with Crippen molar-refractivity contribution in [2.24, 2.45) is 11.7 Å². The molecule has 2 aromatic heterocycles. The Labute approximate surface area is 213 Å². The standard InChI is InChI=1S/C28H40N4O4/c1-4-5-6-7-8-11-14-35-28(34)24(16-20-17-30-23-13-10-9-12-21(20)23)31-26(33)25-18-36-27(32-25)22(29)15-19(2)3/h9-10,12-13,17-19,22,24,30H,4-8,11,14-16,29H2,1-3H3,(H,31,33). The Kier molecular flexibility index (Phi) is 10.5. The number of nitrogens with two attached hydrogens (primary N) is 1. The van der Waals surface area contributed by atoms with Gasteiger partial charge in [-0.15, -0.1) is 0 Å². The Morgan fingerprint density at radius 3 is 2.67 bits per heavy atom. The third kappa shape index (κ3) is 7.95. The summed E-state index contributed by atoms with van der Waals surface area (Å²) in [6.07, 6.45) is 10.7. The zero-order valence-corrected chi connectivity index (χ0v) is 21.7. The number of aromatic amines is 1. The molecular weight excluding hydrogens is 456 g/mol. The molecule has 0 aliphatic carbocycles. The molecule has 2 unspecified atom stereocenters. The first-order valence-corrected chi connectivity index (χ1v) is 13.1. The number of para-hydroxylation sites is 1. The van der Waals surface area contributed by atoms with Crippen molar-refractivity contribution in [3.05, 3.63) is 53.9 Å². The van der Waals surface area contributed by atoms with E-state index in [1.807, 2.05) is 30.5 Å². The van der Waals surface area contributed by atoms with Crippen LogP contribution in [0.2, 0.25) is 0 Å². The van der Waals surface area contributed by atoms with E-state index in [1.54, 1.807) is 0 Å². The van der Waals surface area contributed by atoms with Crippen LogP contribution in [0.15, 0.2) is 41.1 Å². The molecule has 4 N–H and O–H groups in total. The van der Waals surface area contributed by atoms with Crippen molar-refractivity contribution in [1.82, 2.24) is 15.3 Å². The second-order valence-corrected chi connectivity index (χ2v) is 9.83. The van der Waals surface area contributed by atoms with E-state index in [2.05, 4.69) is 36.1 Å². The zero-order chi connectivity index (χ0) is 25.9. The monoisotopic (exact) mass is 496 g/mol. The number of esters is 1. The third-order valence-corrected chi connectivity index (χ3v) is 6.23. The van der Waals surface area contributed by atoms with Gasteiger partial charge in [-0.25, -0.2) is 9.78 Å². The maximum atomic E-state index is 13.0. The predicted octanol–water partition coefficient (Wildman–Crippen LogP) is 5.45. The molecule has 2 atom stereocenters. The molecule has 0 fully saturated rings. The van der Waals surface area contributed by atoms with Gasteiger partial charge in [0.15, 0.2) is 5.69 Å². The Hall–Kier alpha value is -3.13. The number of rotatable bonds is 15. The van der Waals surface area contributed by atoms with Gasteiger partial charge in [0, 0.05) is 23.5 Å². The lowest BCUT2D eigenvalue weighted by molar-refractivity contribution is -0.146. The number of oxazole rings is 1. The van der Waals surface area contributed by atoms with Crippen LogP contribution in [0.4, 0.5) is 0 Å². The third-order valence-electron chi connectivity index (χ3n) is 6.23. The number of hydrogen-bond acceptors (Lipinski definition) is 6. The van der Waals surface area contributed by atoms with E-state index in [0.717, 1.165) is 35.7 Å². The summed E-state index contributed by atoms with van der Waals surface area (Å²) in [7, 11) is 0. The first-order chi connectivity index (χ1) is 17.4. The van der Waals surface area contributed by atoms with E-state index >= 15 is 0 Å². The van der Waals surface area contributed by atoms with Crippen LogP contribution in [0.25, 0.3) is 10.9 Å². The Bertz CT molecular complexity index is 1100. The van der Waals surface area contributed by atoms with Gasteiger partial charge in [-0.1, -0.05) is 71.1 Å². The van der Waals surface area contributed by atoms with E-state index in [-0.39, 0.29) is 5.69 Å². The second-order valence-electron chi connectivity index (χ2n) is 9.83. The van der Waals surface area contributed by atoms with Crippen LogP contribution in [0.1, 0.15) is 93.7 Å². The Morgan fingerprint density at radius 2 is 1.89 bits per heavy atom.